The molecule has 0 spiro atoms. The highest BCUT2D eigenvalue weighted by Gasteiger charge is 2.27. The standard InChI is InChI=1S/C24H29N3O3/c1-19(2)23(16-25)26-12-14-27(15-13-26)24(28)18-30-22-10-8-21(9-11-22)29-17-20-6-4-3-5-7-20/h3-11,19,23H,12-15,17-18H2,1-2H3. The Bertz CT molecular complexity index is 838. The maximum atomic E-state index is 12.5. The molecule has 1 saturated heterocycles. The summed E-state index contributed by atoms with van der Waals surface area (Å²) >= 11 is 0. The Kier molecular flexibility index (Phi) is 7.69. The normalized spacial score (nSPS) is 15.5. The van der Waals surface area contributed by atoms with Crippen LogP contribution in [0.25, 0.3) is 0 Å². The topological polar surface area (TPSA) is 65.8 Å². The Labute approximate surface area is 178 Å². The highest BCUT2D eigenvalue weighted by atomic mass is 16.5. The minimum absolute atomic E-state index is 0.01000. The van der Waals surface area contributed by atoms with Crippen LogP contribution in [0.1, 0.15) is 19.4 Å². The first-order valence-corrected chi connectivity index (χ1v) is 10.4. The number of nitrogens with zero attached hydrogens (tertiary/aromatic N) is 3. The minimum Gasteiger partial charge on any atom is -0.489 e. The minimum atomic E-state index is -0.0962. The number of piperazine rings is 1. The first kappa shape index (κ1) is 21.7. The lowest BCUT2D eigenvalue weighted by atomic mass is 10.0. The summed E-state index contributed by atoms with van der Waals surface area (Å²) in [5.74, 6) is 1.64. The molecule has 30 heavy (non-hydrogen) atoms. The summed E-state index contributed by atoms with van der Waals surface area (Å²) in [6.45, 7) is 7.31. The van der Waals surface area contributed by atoms with Gasteiger partial charge in [0.2, 0.25) is 0 Å². The lowest BCUT2D eigenvalue weighted by molar-refractivity contribution is -0.135. The molecule has 3 rings (SSSR count). The zero-order valence-electron chi connectivity index (χ0n) is 17.7. The highest BCUT2D eigenvalue weighted by Crippen LogP contribution is 2.19. The van der Waals surface area contributed by atoms with Gasteiger partial charge < -0.3 is 14.4 Å². The summed E-state index contributed by atoms with van der Waals surface area (Å²) in [5.41, 5.74) is 1.11. The van der Waals surface area contributed by atoms with Crippen molar-refractivity contribution in [2.45, 2.75) is 26.5 Å². The van der Waals surface area contributed by atoms with Gasteiger partial charge in [0.15, 0.2) is 6.61 Å². The van der Waals surface area contributed by atoms with Gasteiger partial charge in [-0.25, -0.2) is 0 Å². The van der Waals surface area contributed by atoms with E-state index in [-0.39, 0.29) is 24.5 Å². The van der Waals surface area contributed by atoms with Gasteiger partial charge in [-0.3, -0.25) is 9.69 Å². The quantitative estimate of drug-likeness (QED) is 0.672. The van der Waals surface area contributed by atoms with Crippen molar-refractivity contribution in [2.24, 2.45) is 5.92 Å². The molecule has 6 heteroatoms. The largest absolute Gasteiger partial charge is 0.489 e. The number of hydrogen-bond acceptors (Lipinski definition) is 5. The van der Waals surface area contributed by atoms with Crippen molar-refractivity contribution >= 4 is 5.91 Å². The predicted octanol–water partition coefficient (Wildman–Crippen LogP) is 3.34. The van der Waals surface area contributed by atoms with E-state index in [1.165, 1.54) is 0 Å². The van der Waals surface area contributed by atoms with E-state index in [9.17, 15) is 10.1 Å². The van der Waals surface area contributed by atoms with Crippen molar-refractivity contribution in [3.8, 4) is 17.6 Å². The fourth-order valence-electron chi connectivity index (χ4n) is 3.51. The molecule has 1 unspecified atom stereocenters. The van der Waals surface area contributed by atoms with Gasteiger partial charge in [-0.1, -0.05) is 44.2 Å². The van der Waals surface area contributed by atoms with Crippen molar-refractivity contribution in [2.75, 3.05) is 32.8 Å². The van der Waals surface area contributed by atoms with Gasteiger partial charge in [0, 0.05) is 26.2 Å². The second-order valence-electron chi connectivity index (χ2n) is 7.77. The number of rotatable bonds is 8. The van der Waals surface area contributed by atoms with Crippen LogP contribution in [0.5, 0.6) is 11.5 Å². The summed E-state index contributed by atoms with van der Waals surface area (Å²) in [5, 5.41) is 9.34. The third-order valence-electron chi connectivity index (χ3n) is 5.26. The molecule has 1 aliphatic heterocycles. The molecular formula is C24H29N3O3. The molecule has 1 amide bonds. The molecule has 0 bridgehead atoms. The second-order valence-corrected chi connectivity index (χ2v) is 7.77. The predicted molar refractivity (Wildman–Crippen MR) is 115 cm³/mol. The van der Waals surface area contributed by atoms with Crippen LogP contribution in [-0.2, 0) is 11.4 Å². The third-order valence-corrected chi connectivity index (χ3v) is 5.26. The Morgan fingerprint density at radius 3 is 2.13 bits per heavy atom. The number of nitriles is 1. The molecule has 0 N–H and O–H groups in total. The molecule has 1 fully saturated rings. The Morgan fingerprint density at radius 2 is 1.57 bits per heavy atom. The number of amides is 1. The number of carbonyl (C=O) groups is 1. The zero-order chi connectivity index (χ0) is 21.3. The van der Waals surface area contributed by atoms with Gasteiger partial charge in [0.1, 0.15) is 24.1 Å². The molecule has 1 heterocycles. The first-order valence-electron chi connectivity index (χ1n) is 10.4. The summed E-state index contributed by atoms with van der Waals surface area (Å²) in [6, 6.07) is 19.6. The highest BCUT2D eigenvalue weighted by molar-refractivity contribution is 5.77. The summed E-state index contributed by atoms with van der Waals surface area (Å²) in [7, 11) is 0. The van der Waals surface area contributed by atoms with Crippen molar-refractivity contribution in [1.29, 1.82) is 5.26 Å². The van der Waals surface area contributed by atoms with Gasteiger partial charge in [0.05, 0.1) is 6.07 Å². The summed E-state index contributed by atoms with van der Waals surface area (Å²) in [6.07, 6.45) is 0. The first-order chi connectivity index (χ1) is 14.6. The van der Waals surface area contributed by atoms with E-state index in [0.717, 1.165) is 24.4 Å². The maximum absolute atomic E-state index is 12.5. The second kappa shape index (κ2) is 10.7. The summed E-state index contributed by atoms with van der Waals surface area (Å²) in [4.78, 5) is 16.4. The van der Waals surface area contributed by atoms with E-state index in [4.69, 9.17) is 9.47 Å². The van der Waals surface area contributed by atoms with Crippen molar-refractivity contribution < 1.29 is 14.3 Å². The molecule has 158 valence electrons. The van der Waals surface area contributed by atoms with Gasteiger partial charge in [0.25, 0.3) is 5.91 Å². The molecule has 6 nitrogen and oxygen atoms in total. The Hall–Kier alpha value is -3.04. The van der Waals surface area contributed by atoms with Crippen molar-refractivity contribution in [1.82, 2.24) is 9.80 Å². The lowest BCUT2D eigenvalue weighted by Crippen LogP contribution is -2.53. The molecule has 0 radical (unpaired) electrons. The number of hydrogen-bond donors (Lipinski definition) is 0. The van der Waals surface area contributed by atoms with Crippen LogP contribution < -0.4 is 9.47 Å². The van der Waals surface area contributed by atoms with Gasteiger partial charge in [-0.05, 0) is 35.7 Å². The van der Waals surface area contributed by atoms with Crippen LogP contribution in [0.2, 0.25) is 0 Å². The smallest absolute Gasteiger partial charge is 0.260 e. The van der Waals surface area contributed by atoms with E-state index >= 15 is 0 Å². The maximum Gasteiger partial charge on any atom is 0.260 e. The number of carbonyl (C=O) groups excluding carboxylic acids is 1. The average Bonchev–Trinajstić information content (AvgIpc) is 2.78. The fourth-order valence-corrected chi connectivity index (χ4v) is 3.51. The Morgan fingerprint density at radius 1 is 0.967 bits per heavy atom. The Balaban J connectivity index is 1.41. The van der Waals surface area contributed by atoms with Crippen molar-refractivity contribution in [3.05, 3.63) is 60.2 Å². The molecule has 0 aliphatic carbocycles. The van der Waals surface area contributed by atoms with Gasteiger partial charge in [-0.2, -0.15) is 5.26 Å². The van der Waals surface area contributed by atoms with Crippen LogP contribution in [0.3, 0.4) is 0 Å². The lowest BCUT2D eigenvalue weighted by Gasteiger charge is -2.38. The molecule has 2 aromatic rings. The van der Waals surface area contributed by atoms with Crippen LogP contribution in [0.4, 0.5) is 0 Å². The SMILES string of the molecule is CC(C)C(C#N)N1CCN(C(=O)COc2ccc(OCc3ccccc3)cc2)CC1. The number of benzene rings is 2. The van der Waals surface area contributed by atoms with Crippen molar-refractivity contribution in [3.63, 3.8) is 0 Å². The van der Waals surface area contributed by atoms with Gasteiger partial charge in [-0.15, -0.1) is 0 Å². The fraction of sp³-hybridized carbons (Fsp3) is 0.417. The average molecular weight is 408 g/mol. The third kappa shape index (κ3) is 5.98. The molecule has 0 saturated carbocycles. The molecule has 0 aromatic heterocycles. The van der Waals surface area contributed by atoms with E-state index in [2.05, 4.69) is 24.8 Å². The van der Waals surface area contributed by atoms with Crippen LogP contribution in [0.15, 0.2) is 54.6 Å². The van der Waals surface area contributed by atoms with E-state index < -0.39 is 0 Å². The number of ether oxygens (including phenoxy) is 2. The van der Waals surface area contributed by atoms with E-state index in [0.29, 0.717) is 25.4 Å². The van der Waals surface area contributed by atoms with Crippen LogP contribution in [-0.4, -0.2) is 54.5 Å². The van der Waals surface area contributed by atoms with Crippen LogP contribution >= 0.6 is 0 Å². The zero-order valence-corrected chi connectivity index (χ0v) is 17.7. The summed E-state index contributed by atoms with van der Waals surface area (Å²) < 4.78 is 11.4. The van der Waals surface area contributed by atoms with Gasteiger partial charge >= 0.3 is 0 Å². The molecule has 2 aromatic carbocycles. The molecule has 1 aliphatic rings. The monoisotopic (exact) mass is 407 g/mol. The van der Waals surface area contributed by atoms with Crippen LogP contribution in [0, 0.1) is 17.2 Å². The van der Waals surface area contributed by atoms with E-state index in [1.807, 2.05) is 59.5 Å². The molecular weight excluding hydrogens is 378 g/mol. The molecule has 1 atom stereocenters. The van der Waals surface area contributed by atoms with E-state index in [1.54, 1.807) is 0 Å².